The predicted octanol–water partition coefficient (Wildman–Crippen LogP) is -1.18. The van der Waals surface area contributed by atoms with Crippen LogP contribution in [0.4, 0.5) is 0 Å². The summed E-state index contributed by atoms with van der Waals surface area (Å²) in [5.41, 5.74) is -2.32. The van der Waals surface area contributed by atoms with Crippen LogP contribution in [0.3, 0.4) is 0 Å². The number of ether oxygens (including phenoxy) is 1. The SMILES string of the molecule is C1=CSSC1.OCC(CO)(CO)COCC(CO)(CO)CO. The second-order valence-corrected chi connectivity index (χ2v) is 7.51. The lowest BCUT2D eigenvalue weighted by atomic mass is 9.91. The Morgan fingerprint density at radius 3 is 1.36 bits per heavy atom. The molecule has 1 aliphatic heterocycles. The first-order valence-corrected chi connectivity index (χ1v) is 9.12. The fourth-order valence-electron chi connectivity index (χ4n) is 1.25. The van der Waals surface area contributed by atoms with Crippen molar-refractivity contribution in [2.24, 2.45) is 10.8 Å². The number of hydrogen-bond acceptors (Lipinski definition) is 9. The van der Waals surface area contributed by atoms with Gasteiger partial charge >= 0.3 is 0 Å². The molecule has 1 aliphatic rings. The Hall–Kier alpha value is 0.160. The third-order valence-electron chi connectivity index (χ3n) is 3.21. The molecule has 6 N–H and O–H groups in total. The molecular formula is C13H26O7S2. The van der Waals surface area contributed by atoms with E-state index in [4.69, 9.17) is 35.4 Å². The summed E-state index contributed by atoms with van der Waals surface area (Å²) in [5, 5.41) is 56.3. The highest BCUT2D eigenvalue weighted by Crippen LogP contribution is 2.27. The minimum atomic E-state index is -1.16. The topological polar surface area (TPSA) is 131 Å². The molecule has 0 fully saturated rings. The largest absolute Gasteiger partial charge is 0.396 e. The summed E-state index contributed by atoms with van der Waals surface area (Å²) in [5.74, 6) is 1.20. The summed E-state index contributed by atoms with van der Waals surface area (Å²) in [6.07, 6.45) is 2.16. The van der Waals surface area contributed by atoms with Gasteiger partial charge in [-0.15, -0.1) is 0 Å². The smallest absolute Gasteiger partial charge is 0.0629 e. The molecule has 0 atom stereocenters. The summed E-state index contributed by atoms with van der Waals surface area (Å²) in [7, 11) is 3.69. The minimum Gasteiger partial charge on any atom is -0.396 e. The van der Waals surface area contributed by atoms with Crippen molar-refractivity contribution in [1.82, 2.24) is 0 Å². The van der Waals surface area contributed by atoms with Crippen LogP contribution in [0.25, 0.3) is 0 Å². The average Bonchev–Trinajstić information content (AvgIpc) is 3.16. The fourth-order valence-corrected chi connectivity index (χ4v) is 2.83. The molecule has 0 aromatic carbocycles. The highest BCUT2D eigenvalue weighted by atomic mass is 33.1. The molecule has 0 aliphatic carbocycles. The van der Waals surface area contributed by atoms with Gasteiger partial charge in [-0.1, -0.05) is 27.7 Å². The number of hydrogen-bond donors (Lipinski definition) is 6. The molecule has 22 heavy (non-hydrogen) atoms. The van der Waals surface area contributed by atoms with Crippen LogP contribution < -0.4 is 0 Å². The van der Waals surface area contributed by atoms with Gasteiger partial charge in [0.15, 0.2) is 0 Å². The summed E-state index contributed by atoms with van der Waals surface area (Å²) in [6, 6.07) is 0. The van der Waals surface area contributed by atoms with Crippen LogP contribution in [0.1, 0.15) is 0 Å². The molecule has 0 amide bonds. The van der Waals surface area contributed by atoms with Gasteiger partial charge in [0.1, 0.15) is 0 Å². The summed E-state index contributed by atoms with van der Waals surface area (Å²) in [6.45, 7) is -3.01. The van der Waals surface area contributed by atoms with E-state index >= 15 is 0 Å². The number of aliphatic hydroxyl groups excluding tert-OH is 6. The van der Waals surface area contributed by atoms with Gasteiger partial charge in [-0.25, -0.2) is 0 Å². The first-order valence-electron chi connectivity index (χ1n) is 6.74. The lowest BCUT2D eigenvalue weighted by Gasteiger charge is -2.31. The van der Waals surface area contributed by atoms with Crippen molar-refractivity contribution in [2.45, 2.75) is 0 Å². The number of aliphatic hydroxyl groups is 6. The van der Waals surface area contributed by atoms with Gasteiger partial charge in [0.2, 0.25) is 0 Å². The maximum Gasteiger partial charge on any atom is 0.0629 e. The summed E-state index contributed by atoms with van der Waals surface area (Å²) in [4.78, 5) is 0. The maximum absolute atomic E-state index is 9.03. The van der Waals surface area contributed by atoms with Gasteiger partial charge in [-0.2, -0.15) is 0 Å². The second kappa shape index (κ2) is 12.6. The third-order valence-corrected chi connectivity index (χ3v) is 5.13. The van der Waals surface area contributed by atoms with E-state index in [2.05, 4.69) is 11.5 Å². The first kappa shape index (κ1) is 22.2. The molecule has 0 aromatic rings. The lowest BCUT2D eigenvalue weighted by molar-refractivity contribution is -0.103. The standard InChI is InChI=1S/C10H22O7.C3H4S2/c11-1-9(2-12,3-13)7-17-8-10(4-14,5-15)6-16;1-2-4-5-3-1/h11-16H,1-8H2;1-2H,3H2. The highest BCUT2D eigenvalue weighted by molar-refractivity contribution is 8.78. The average molecular weight is 358 g/mol. The van der Waals surface area contributed by atoms with Gasteiger partial charge in [0, 0.05) is 5.75 Å². The van der Waals surface area contributed by atoms with E-state index in [1.165, 1.54) is 5.75 Å². The second-order valence-electron chi connectivity index (χ2n) is 5.19. The Morgan fingerprint density at radius 1 is 0.773 bits per heavy atom. The van der Waals surface area contributed by atoms with E-state index in [0.717, 1.165) is 0 Å². The van der Waals surface area contributed by atoms with Crippen LogP contribution >= 0.6 is 21.6 Å². The van der Waals surface area contributed by atoms with E-state index < -0.39 is 50.5 Å². The van der Waals surface area contributed by atoms with Crippen molar-refractivity contribution >= 4 is 21.6 Å². The van der Waals surface area contributed by atoms with Crippen LogP contribution in [-0.2, 0) is 4.74 Å². The zero-order valence-electron chi connectivity index (χ0n) is 12.4. The Balaban J connectivity index is 0.000000734. The summed E-state index contributed by atoms with van der Waals surface area (Å²) < 4.78 is 5.15. The molecule has 0 spiro atoms. The molecule has 0 saturated carbocycles. The van der Waals surface area contributed by atoms with Crippen LogP contribution in [0.5, 0.6) is 0 Å². The molecular weight excluding hydrogens is 332 g/mol. The maximum atomic E-state index is 9.03. The van der Waals surface area contributed by atoms with Crippen LogP contribution in [-0.4, -0.2) is 89.2 Å². The monoisotopic (exact) mass is 358 g/mol. The van der Waals surface area contributed by atoms with Gasteiger partial charge in [0.25, 0.3) is 0 Å². The highest BCUT2D eigenvalue weighted by Gasteiger charge is 2.32. The Bertz CT molecular complexity index is 252. The van der Waals surface area contributed by atoms with Gasteiger partial charge in [-0.05, 0) is 5.41 Å². The van der Waals surface area contributed by atoms with Crippen LogP contribution in [0.15, 0.2) is 11.5 Å². The molecule has 7 nitrogen and oxygen atoms in total. The van der Waals surface area contributed by atoms with Crippen molar-refractivity contribution in [3.05, 3.63) is 11.5 Å². The van der Waals surface area contributed by atoms with Crippen molar-refractivity contribution in [1.29, 1.82) is 0 Å². The van der Waals surface area contributed by atoms with E-state index in [-0.39, 0.29) is 13.2 Å². The van der Waals surface area contributed by atoms with Gasteiger partial charge < -0.3 is 35.4 Å². The van der Waals surface area contributed by atoms with E-state index in [0.29, 0.717) is 0 Å². The molecule has 0 unspecified atom stereocenters. The van der Waals surface area contributed by atoms with Gasteiger partial charge in [0.05, 0.1) is 63.7 Å². The zero-order chi connectivity index (χ0) is 16.9. The molecule has 0 bridgehead atoms. The molecule has 1 heterocycles. The quantitative estimate of drug-likeness (QED) is 0.267. The number of rotatable bonds is 10. The van der Waals surface area contributed by atoms with Crippen LogP contribution in [0.2, 0.25) is 0 Å². The summed E-state index contributed by atoms with van der Waals surface area (Å²) >= 11 is 0. The van der Waals surface area contributed by atoms with E-state index in [9.17, 15) is 0 Å². The normalized spacial score (nSPS) is 14.8. The molecule has 132 valence electrons. The molecule has 0 radical (unpaired) electrons. The molecule has 1 rings (SSSR count). The Morgan fingerprint density at radius 2 is 1.18 bits per heavy atom. The fraction of sp³-hybridized carbons (Fsp3) is 0.846. The Kier molecular flexibility index (Phi) is 12.7. The van der Waals surface area contributed by atoms with E-state index in [1.54, 1.807) is 0 Å². The minimum absolute atomic E-state index is 0.141. The molecule has 0 saturated heterocycles. The van der Waals surface area contributed by atoms with Crippen molar-refractivity contribution < 1.29 is 35.4 Å². The first-order chi connectivity index (χ1) is 10.6. The predicted molar refractivity (Wildman–Crippen MR) is 87.4 cm³/mol. The molecule has 9 heteroatoms. The van der Waals surface area contributed by atoms with Crippen LogP contribution in [0, 0.1) is 10.8 Å². The molecule has 0 aromatic heterocycles. The Labute approximate surface area is 138 Å². The van der Waals surface area contributed by atoms with Crippen molar-refractivity contribution in [2.75, 3.05) is 58.6 Å². The van der Waals surface area contributed by atoms with Crippen molar-refractivity contribution in [3.63, 3.8) is 0 Å². The third kappa shape index (κ3) is 7.62. The van der Waals surface area contributed by atoms with Crippen molar-refractivity contribution in [3.8, 4) is 0 Å². The van der Waals surface area contributed by atoms with Gasteiger partial charge in [-0.3, -0.25) is 0 Å². The van der Waals surface area contributed by atoms with E-state index in [1.807, 2.05) is 21.6 Å². The zero-order valence-corrected chi connectivity index (χ0v) is 14.1. The lowest BCUT2D eigenvalue weighted by Crippen LogP contribution is -2.43.